The molecule has 0 fully saturated rings. The van der Waals surface area contributed by atoms with Gasteiger partial charge in [0.25, 0.3) is 0 Å². The van der Waals surface area contributed by atoms with Gasteiger partial charge >= 0.3 is 0 Å². The highest BCUT2D eigenvalue weighted by Crippen LogP contribution is 2.25. The maximum absolute atomic E-state index is 11.5. The number of ether oxygens (including phenoxy) is 1. The van der Waals surface area contributed by atoms with Gasteiger partial charge in [0, 0.05) is 13.5 Å². The second-order valence-corrected chi connectivity index (χ2v) is 8.86. The number of amides is 1. The van der Waals surface area contributed by atoms with Gasteiger partial charge in [-0.1, -0.05) is 45.0 Å². The summed E-state index contributed by atoms with van der Waals surface area (Å²) in [7, 11) is 0. The highest BCUT2D eigenvalue weighted by molar-refractivity contribution is 5.77. The van der Waals surface area contributed by atoms with Crippen LogP contribution in [-0.4, -0.2) is 22.1 Å². The molecule has 0 aliphatic rings. The van der Waals surface area contributed by atoms with Gasteiger partial charge in [-0.2, -0.15) is 0 Å². The Kier molecular flexibility index (Phi) is 6.80. The molecule has 3 rings (SSSR count). The number of carbonyl (C=O) groups excluding carboxylic acids is 1. The molecule has 3 aromatic rings. The van der Waals surface area contributed by atoms with Gasteiger partial charge in [-0.05, 0) is 55.0 Å². The summed E-state index contributed by atoms with van der Waals surface area (Å²) in [6.07, 6.45) is 1.92. The number of hydrogen-bond acceptors (Lipinski definition) is 3. The molecule has 0 saturated heterocycles. The lowest BCUT2D eigenvalue weighted by Gasteiger charge is -2.19. The smallest absolute Gasteiger partial charge is 0.217 e. The molecule has 0 bridgehead atoms. The van der Waals surface area contributed by atoms with Crippen LogP contribution < -0.4 is 10.1 Å². The quantitative estimate of drug-likeness (QED) is 0.509. The van der Waals surface area contributed by atoms with Gasteiger partial charge in [-0.3, -0.25) is 4.79 Å². The largest absolute Gasteiger partial charge is 0.494 e. The van der Waals surface area contributed by atoms with Crippen molar-refractivity contribution in [2.45, 2.75) is 65.5 Å². The molecule has 1 atom stereocenters. The van der Waals surface area contributed by atoms with E-state index in [1.165, 1.54) is 12.5 Å². The van der Waals surface area contributed by atoms with Gasteiger partial charge in [0.1, 0.15) is 11.6 Å². The summed E-state index contributed by atoms with van der Waals surface area (Å²) >= 11 is 0. The molecule has 5 heteroatoms. The number of unbranched alkanes of at least 4 members (excludes halogenated alkanes) is 1. The van der Waals surface area contributed by atoms with Crippen LogP contribution in [0.15, 0.2) is 48.5 Å². The van der Waals surface area contributed by atoms with Crippen molar-refractivity contribution < 1.29 is 9.53 Å². The molecule has 0 saturated carbocycles. The van der Waals surface area contributed by atoms with Crippen LogP contribution in [0.5, 0.6) is 5.75 Å². The van der Waals surface area contributed by atoms with E-state index < -0.39 is 0 Å². The highest BCUT2D eigenvalue weighted by Gasteiger charge is 2.17. The molecular weight excluding hydrogens is 374 g/mol. The molecule has 160 valence electrons. The number of fused-ring (bicyclic) bond motifs is 1. The van der Waals surface area contributed by atoms with Crippen molar-refractivity contribution >= 4 is 16.9 Å². The third-order valence-corrected chi connectivity index (χ3v) is 5.26. The third-order valence-electron chi connectivity index (χ3n) is 5.26. The Bertz CT molecular complexity index is 984. The summed E-state index contributed by atoms with van der Waals surface area (Å²) in [6, 6.07) is 16.4. The fourth-order valence-corrected chi connectivity index (χ4v) is 3.64. The number of hydrogen-bond donors (Lipinski definition) is 1. The fourth-order valence-electron chi connectivity index (χ4n) is 3.64. The normalized spacial score (nSPS) is 12.7. The Balaban J connectivity index is 1.58. The molecule has 1 unspecified atom stereocenters. The molecule has 0 radical (unpaired) electrons. The maximum atomic E-state index is 11.5. The van der Waals surface area contributed by atoms with Crippen molar-refractivity contribution in [1.82, 2.24) is 14.9 Å². The van der Waals surface area contributed by atoms with Crippen molar-refractivity contribution in [1.29, 1.82) is 0 Å². The monoisotopic (exact) mass is 407 g/mol. The minimum absolute atomic E-state index is 0.0491. The molecule has 30 heavy (non-hydrogen) atoms. The topological polar surface area (TPSA) is 56.2 Å². The van der Waals surface area contributed by atoms with Crippen LogP contribution in [0.2, 0.25) is 0 Å². The first-order valence-electron chi connectivity index (χ1n) is 10.7. The number of para-hydroxylation sites is 2. The van der Waals surface area contributed by atoms with E-state index in [-0.39, 0.29) is 17.4 Å². The van der Waals surface area contributed by atoms with Gasteiger partial charge in [0.15, 0.2) is 0 Å². The second kappa shape index (κ2) is 9.33. The van der Waals surface area contributed by atoms with Gasteiger partial charge in [-0.25, -0.2) is 4.98 Å². The fraction of sp³-hybridized carbons (Fsp3) is 0.440. The molecule has 1 amide bonds. The molecule has 0 aliphatic carbocycles. The van der Waals surface area contributed by atoms with Gasteiger partial charge in [0.05, 0.1) is 23.7 Å². The van der Waals surface area contributed by atoms with Crippen molar-refractivity contribution in [3.63, 3.8) is 0 Å². The lowest BCUT2D eigenvalue weighted by molar-refractivity contribution is -0.119. The Hall–Kier alpha value is -2.82. The average molecular weight is 408 g/mol. The minimum Gasteiger partial charge on any atom is -0.494 e. The first-order chi connectivity index (χ1) is 14.3. The van der Waals surface area contributed by atoms with E-state index in [0.29, 0.717) is 6.61 Å². The zero-order chi connectivity index (χ0) is 21.7. The Labute approximate surface area is 179 Å². The van der Waals surface area contributed by atoms with Gasteiger partial charge in [0.2, 0.25) is 5.91 Å². The highest BCUT2D eigenvalue weighted by atomic mass is 16.5. The number of imidazole rings is 1. The van der Waals surface area contributed by atoms with E-state index in [2.05, 4.69) is 61.0 Å². The molecule has 5 nitrogen and oxygen atoms in total. The number of benzene rings is 2. The van der Waals surface area contributed by atoms with Gasteiger partial charge in [-0.15, -0.1) is 0 Å². The lowest BCUT2D eigenvalue weighted by atomic mass is 9.87. The van der Waals surface area contributed by atoms with E-state index in [4.69, 9.17) is 9.72 Å². The first-order valence-corrected chi connectivity index (χ1v) is 10.7. The van der Waals surface area contributed by atoms with Crippen LogP contribution in [0, 0.1) is 0 Å². The average Bonchev–Trinajstić information content (AvgIpc) is 3.06. The van der Waals surface area contributed by atoms with Crippen LogP contribution in [0.4, 0.5) is 0 Å². The molecule has 0 aliphatic heterocycles. The van der Waals surface area contributed by atoms with Crippen molar-refractivity contribution in [3.05, 3.63) is 59.9 Å². The molecular formula is C25H33N3O2. The zero-order valence-corrected chi connectivity index (χ0v) is 18.7. The number of nitrogens with one attached hydrogen (secondary N) is 1. The second-order valence-electron chi connectivity index (χ2n) is 8.86. The summed E-state index contributed by atoms with van der Waals surface area (Å²) in [5, 5.41) is 2.95. The molecule has 1 aromatic heterocycles. The summed E-state index contributed by atoms with van der Waals surface area (Å²) in [5.74, 6) is 1.76. The number of carbonyl (C=O) groups is 1. The Morgan fingerprint density at radius 1 is 1.10 bits per heavy atom. The molecule has 1 N–H and O–H groups in total. The van der Waals surface area contributed by atoms with Crippen LogP contribution in [0.25, 0.3) is 11.0 Å². The van der Waals surface area contributed by atoms with E-state index in [9.17, 15) is 4.79 Å². The van der Waals surface area contributed by atoms with Crippen molar-refractivity contribution in [2.75, 3.05) is 6.61 Å². The first kappa shape index (κ1) is 21.9. The predicted molar refractivity (Wildman–Crippen MR) is 122 cm³/mol. The van der Waals surface area contributed by atoms with E-state index >= 15 is 0 Å². The van der Waals surface area contributed by atoms with E-state index in [1.807, 2.05) is 25.1 Å². The standard InChI is InChI=1S/C25H33N3O2/c1-18(26-19(2)29)24-27-22-10-6-7-11-23(22)28(24)16-8-9-17-30-21-14-12-20(13-15-21)25(3,4)5/h6-7,10-15,18H,8-9,16-17H2,1-5H3,(H,26,29). The SMILES string of the molecule is CC(=O)NC(C)c1nc2ccccc2n1CCCCOc1ccc(C(C)(C)C)cc1. The molecule has 1 heterocycles. The molecule has 2 aromatic carbocycles. The number of nitrogens with zero attached hydrogens (tertiary/aromatic N) is 2. The number of aryl methyl sites for hydroxylation is 1. The van der Waals surface area contributed by atoms with E-state index in [1.54, 1.807) is 0 Å². The predicted octanol–water partition coefficient (Wildman–Crippen LogP) is 5.39. The zero-order valence-electron chi connectivity index (χ0n) is 18.7. The van der Waals surface area contributed by atoms with E-state index in [0.717, 1.165) is 42.0 Å². The Morgan fingerprint density at radius 3 is 2.47 bits per heavy atom. The summed E-state index contributed by atoms with van der Waals surface area (Å²) in [6.45, 7) is 11.7. The summed E-state index contributed by atoms with van der Waals surface area (Å²) in [4.78, 5) is 16.3. The van der Waals surface area contributed by atoms with Crippen LogP contribution >= 0.6 is 0 Å². The number of aromatic nitrogens is 2. The van der Waals surface area contributed by atoms with Crippen molar-refractivity contribution in [3.8, 4) is 5.75 Å². The summed E-state index contributed by atoms with van der Waals surface area (Å²) in [5.41, 5.74) is 3.52. The molecule has 0 spiro atoms. The Morgan fingerprint density at radius 2 is 1.80 bits per heavy atom. The maximum Gasteiger partial charge on any atom is 0.217 e. The lowest BCUT2D eigenvalue weighted by Crippen LogP contribution is -2.26. The van der Waals surface area contributed by atoms with Crippen LogP contribution in [-0.2, 0) is 16.8 Å². The number of rotatable bonds is 8. The van der Waals surface area contributed by atoms with Crippen LogP contribution in [0.1, 0.15) is 64.9 Å². The van der Waals surface area contributed by atoms with Crippen LogP contribution in [0.3, 0.4) is 0 Å². The van der Waals surface area contributed by atoms with Gasteiger partial charge < -0.3 is 14.6 Å². The third kappa shape index (κ3) is 5.41. The minimum atomic E-state index is -0.132. The van der Waals surface area contributed by atoms with Crippen molar-refractivity contribution in [2.24, 2.45) is 0 Å². The summed E-state index contributed by atoms with van der Waals surface area (Å²) < 4.78 is 8.15.